The molecule has 8 nitrogen and oxygen atoms in total. The second-order valence-electron chi connectivity index (χ2n) is 8.40. The van der Waals surface area contributed by atoms with Crippen LogP contribution in [0.15, 0.2) is 48.5 Å². The van der Waals surface area contributed by atoms with E-state index >= 15 is 0 Å². The fourth-order valence-electron chi connectivity index (χ4n) is 4.41. The van der Waals surface area contributed by atoms with Gasteiger partial charge in [-0.3, -0.25) is 4.79 Å². The lowest BCUT2D eigenvalue weighted by molar-refractivity contribution is -0.147. The van der Waals surface area contributed by atoms with Gasteiger partial charge < -0.3 is 25.6 Å². The number of nitrogens with one attached hydrogen (secondary N) is 2. The van der Waals surface area contributed by atoms with E-state index in [2.05, 4.69) is 10.6 Å². The van der Waals surface area contributed by atoms with Crippen LogP contribution >= 0.6 is 0 Å². The summed E-state index contributed by atoms with van der Waals surface area (Å²) in [7, 11) is 0. The maximum atomic E-state index is 14.0. The zero-order valence-corrected chi connectivity index (χ0v) is 18.0. The van der Waals surface area contributed by atoms with Crippen LogP contribution in [0.5, 0.6) is 0 Å². The number of aliphatic carboxylic acids is 1. The zero-order chi connectivity index (χ0) is 24.5. The molecule has 0 radical (unpaired) electrons. The number of amides is 2. The minimum absolute atomic E-state index is 0.0384. The van der Waals surface area contributed by atoms with Crippen molar-refractivity contribution in [3.8, 4) is 11.1 Å². The van der Waals surface area contributed by atoms with Crippen molar-refractivity contribution in [1.82, 2.24) is 10.6 Å². The predicted molar refractivity (Wildman–Crippen MR) is 116 cm³/mol. The third-order valence-corrected chi connectivity index (χ3v) is 6.30. The Morgan fingerprint density at radius 2 is 1.59 bits per heavy atom. The summed E-state index contributed by atoms with van der Waals surface area (Å²) in [5.74, 6) is -8.91. The number of aliphatic hydroxyl groups is 1. The molecule has 0 heterocycles. The van der Waals surface area contributed by atoms with Gasteiger partial charge in [-0.2, -0.15) is 0 Å². The molecule has 0 aromatic heterocycles. The van der Waals surface area contributed by atoms with E-state index in [1.54, 1.807) is 0 Å². The van der Waals surface area contributed by atoms with Crippen molar-refractivity contribution in [2.45, 2.75) is 24.4 Å². The topological polar surface area (TPSA) is 125 Å². The molecule has 2 amide bonds. The van der Waals surface area contributed by atoms with Crippen LogP contribution in [0, 0.1) is 11.8 Å². The van der Waals surface area contributed by atoms with Gasteiger partial charge in [0.2, 0.25) is 5.91 Å². The van der Waals surface area contributed by atoms with Crippen LogP contribution in [0.1, 0.15) is 23.5 Å². The van der Waals surface area contributed by atoms with E-state index in [1.807, 2.05) is 48.5 Å². The van der Waals surface area contributed by atoms with Gasteiger partial charge in [0, 0.05) is 25.4 Å². The first kappa shape index (κ1) is 23.6. The summed E-state index contributed by atoms with van der Waals surface area (Å²) < 4.78 is 33.4. The number of carboxylic acid groups (broad SMARTS) is 1. The molecule has 0 bridgehead atoms. The quantitative estimate of drug-likeness (QED) is 0.442. The summed E-state index contributed by atoms with van der Waals surface area (Å²) in [6.07, 6.45) is -2.85. The Balaban J connectivity index is 1.26. The molecule has 34 heavy (non-hydrogen) atoms. The number of hydrogen-bond donors (Lipinski definition) is 4. The van der Waals surface area contributed by atoms with Gasteiger partial charge in [0.25, 0.3) is 5.92 Å². The fourth-order valence-corrected chi connectivity index (χ4v) is 4.41. The zero-order valence-electron chi connectivity index (χ0n) is 18.0. The van der Waals surface area contributed by atoms with Gasteiger partial charge in [-0.1, -0.05) is 48.5 Å². The lowest BCUT2D eigenvalue weighted by atomic mass is 9.98. The molecule has 0 saturated heterocycles. The van der Waals surface area contributed by atoms with E-state index in [0.29, 0.717) is 0 Å². The number of carboxylic acids is 1. The first-order chi connectivity index (χ1) is 16.2. The summed E-state index contributed by atoms with van der Waals surface area (Å²) >= 11 is 0. The Morgan fingerprint density at radius 1 is 1.00 bits per heavy atom. The highest BCUT2D eigenvalue weighted by atomic mass is 19.3. The van der Waals surface area contributed by atoms with Crippen LogP contribution in [0.3, 0.4) is 0 Å². The molecule has 2 aliphatic carbocycles. The minimum atomic E-state index is -3.30. The Bertz CT molecular complexity index is 1060. The number of hydrogen-bond acceptors (Lipinski definition) is 5. The number of alkyl carbamates (subject to hydrolysis) is 1. The number of aliphatic hydroxyl groups excluding tert-OH is 1. The largest absolute Gasteiger partial charge is 0.479 e. The van der Waals surface area contributed by atoms with Crippen LogP contribution in [0.2, 0.25) is 0 Å². The van der Waals surface area contributed by atoms with E-state index in [-0.39, 0.29) is 25.5 Å². The molecule has 0 aliphatic heterocycles. The standard InChI is InChI=1S/C24H24F2N2O6/c25-24(26)18(20(24)21(30)27-10-9-19(29)22(31)32)11-28-23(33)34-12-17-15-7-3-1-5-13(15)14-6-2-4-8-16(14)17/h1-8,17-20,29H,9-12H2,(H,27,30)(H,28,33)(H,31,32)/t18-,19-,20-/m0/s1. The minimum Gasteiger partial charge on any atom is -0.479 e. The molecule has 0 unspecified atom stereocenters. The van der Waals surface area contributed by atoms with Crippen molar-refractivity contribution in [2.75, 3.05) is 19.7 Å². The van der Waals surface area contributed by atoms with Crippen LogP contribution in [0.4, 0.5) is 13.6 Å². The number of benzene rings is 2. The Hall–Kier alpha value is -3.53. The average molecular weight is 474 g/mol. The van der Waals surface area contributed by atoms with Crippen LogP contribution in [-0.2, 0) is 14.3 Å². The molecule has 0 spiro atoms. The number of carbonyl (C=O) groups is 3. The molecule has 3 atom stereocenters. The second-order valence-corrected chi connectivity index (χ2v) is 8.40. The Kier molecular flexibility index (Phi) is 6.52. The van der Waals surface area contributed by atoms with E-state index in [4.69, 9.17) is 9.84 Å². The summed E-state index contributed by atoms with van der Waals surface area (Å²) in [6, 6.07) is 15.6. The van der Waals surface area contributed by atoms with Crippen LogP contribution in [0.25, 0.3) is 11.1 Å². The van der Waals surface area contributed by atoms with E-state index in [1.165, 1.54) is 0 Å². The maximum Gasteiger partial charge on any atom is 0.407 e. The third-order valence-electron chi connectivity index (χ3n) is 6.30. The molecule has 2 aliphatic rings. The van der Waals surface area contributed by atoms with Crippen molar-refractivity contribution in [1.29, 1.82) is 0 Å². The van der Waals surface area contributed by atoms with E-state index in [0.717, 1.165) is 22.3 Å². The van der Waals surface area contributed by atoms with Gasteiger partial charge in [-0.25, -0.2) is 18.4 Å². The maximum absolute atomic E-state index is 14.0. The lowest BCUT2D eigenvalue weighted by Gasteiger charge is -2.14. The molecule has 4 rings (SSSR count). The fraction of sp³-hybridized carbons (Fsp3) is 0.375. The van der Waals surface area contributed by atoms with Crippen molar-refractivity contribution in [2.24, 2.45) is 11.8 Å². The molecule has 10 heteroatoms. The van der Waals surface area contributed by atoms with Crippen molar-refractivity contribution < 1.29 is 38.1 Å². The number of carbonyl (C=O) groups excluding carboxylic acids is 2. The van der Waals surface area contributed by atoms with E-state index < -0.39 is 48.4 Å². The summed E-state index contributed by atoms with van der Waals surface area (Å²) in [4.78, 5) is 34.7. The van der Waals surface area contributed by atoms with Gasteiger partial charge in [0.05, 0.1) is 5.92 Å². The number of fused-ring (bicyclic) bond motifs is 3. The highest BCUT2D eigenvalue weighted by molar-refractivity contribution is 5.84. The number of ether oxygens (including phenoxy) is 1. The Morgan fingerprint density at radius 3 is 2.18 bits per heavy atom. The highest BCUT2D eigenvalue weighted by Crippen LogP contribution is 2.55. The Labute approximate surface area is 193 Å². The smallest absolute Gasteiger partial charge is 0.407 e. The molecular weight excluding hydrogens is 450 g/mol. The first-order valence-electron chi connectivity index (χ1n) is 10.9. The second kappa shape index (κ2) is 9.38. The number of rotatable bonds is 9. The van der Waals surface area contributed by atoms with Crippen LogP contribution in [-0.4, -0.2) is 59.9 Å². The van der Waals surface area contributed by atoms with E-state index in [9.17, 15) is 28.3 Å². The van der Waals surface area contributed by atoms with Gasteiger partial charge in [-0.15, -0.1) is 0 Å². The normalized spacial score (nSPS) is 20.6. The summed E-state index contributed by atoms with van der Waals surface area (Å²) in [5, 5.41) is 22.3. The number of alkyl halides is 2. The van der Waals surface area contributed by atoms with Crippen molar-refractivity contribution in [3.05, 3.63) is 59.7 Å². The molecule has 2 aromatic carbocycles. The summed E-state index contributed by atoms with van der Waals surface area (Å²) in [5.41, 5.74) is 4.17. The molecule has 180 valence electrons. The third kappa shape index (κ3) is 4.58. The van der Waals surface area contributed by atoms with Crippen molar-refractivity contribution >= 4 is 18.0 Å². The molecule has 1 saturated carbocycles. The van der Waals surface area contributed by atoms with Gasteiger partial charge in [0.1, 0.15) is 12.5 Å². The van der Waals surface area contributed by atoms with Crippen LogP contribution < -0.4 is 10.6 Å². The monoisotopic (exact) mass is 474 g/mol. The van der Waals surface area contributed by atoms with Gasteiger partial charge in [0.15, 0.2) is 6.10 Å². The van der Waals surface area contributed by atoms with Gasteiger partial charge >= 0.3 is 12.1 Å². The number of halogens is 2. The first-order valence-corrected chi connectivity index (χ1v) is 10.9. The lowest BCUT2D eigenvalue weighted by Crippen LogP contribution is -2.33. The SMILES string of the molecule is O=C(NC[C@H]1[C@@H](C(=O)NCC[C@H](O)C(=O)O)C1(F)F)OCC1c2ccccc2-c2ccccc21. The average Bonchev–Trinajstić information content (AvgIpc) is 3.22. The highest BCUT2D eigenvalue weighted by Gasteiger charge is 2.71. The molecule has 1 fully saturated rings. The predicted octanol–water partition coefficient (Wildman–Crippen LogP) is 2.36. The van der Waals surface area contributed by atoms with Gasteiger partial charge in [-0.05, 0) is 22.3 Å². The molecule has 2 aromatic rings. The van der Waals surface area contributed by atoms with Crippen molar-refractivity contribution in [3.63, 3.8) is 0 Å². The molecular formula is C24H24F2N2O6. The molecule has 4 N–H and O–H groups in total. The summed E-state index contributed by atoms with van der Waals surface area (Å²) in [6.45, 7) is -0.665.